The van der Waals surface area contributed by atoms with Gasteiger partial charge in [0.15, 0.2) is 0 Å². The second-order valence-electron chi connectivity index (χ2n) is 5.51. The summed E-state index contributed by atoms with van der Waals surface area (Å²) in [7, 11) is 0. The zero-order valence-corrected chi connectivity index (χ0v) is 12.5. The molecule has 0 aliphatic carbocycles. The summed E-state index contributed by atoms with van der Waals surface area (Å²) < 4.78 is 10.9. The zero-order chi connectivity index (χ0) is 15.1. The molecule has 1 amide bonds. The first-order valence-electron chi connectivity index (χ1n) is 7.44. The average Bonchev–Trinajstić information content (AvgIpc) is 2.99. The molecule has 3 N–H and O–H groups in total. The minimum absolute atomic E-state index is 0.0268. The van der Waals surface area contributed by atoms with E-state index in [1.54, 1.807) is 0 Å². The van der Waals surface area contributed by atoms with E-state index in [4.69, 9.17) is 15.2 Å². The topological polar surface area (TPSA) is 73.6 Å². The first-order chi connectivity index (χ1) is 10.1. The number of nitrogens with two attached hydrogens (primary N) is 1. The van der Waals surface area contributed by atoms with E-state index in [9.17, 15) is 4.79 Å². The van der Waals surface area contributed by atoms with Crippen LogP contribution in [0.3, 0.4) is 0 Å². The van der Waals surface area contributed by atoms with Crippen LogP contribution in [0.4, 0.5) is 0 Å². The second-order valence-corrected chi connectivity index (χ2v) is 5.51. The minimum atomic E-state index is -0.275. The van der Waals surface area contributed by atoms with Gasteiger partial charge in [0.25, 0.3) is 0 Å². The quantitative estimate of drug-likeness (QED) is 0.796. The average molecular weight is 292 g/mol. The van der Waals surface area contributed by atoms with Crippen LogP contribution in [0.2, 0.25) is 0 Å². The fourth-order valence-corrected chi connectivity index (χ4v) is 2.32. The van der Waals surface area contributed by atoms with Gasteiger partial charge in [-0.2, -0.15) is 0 Å². The SMILES string of the molecule is CC(COC1CCOC1)NC(=O)CC(N)c1ccccc1. The summed E-state index contributed by atoms with van der Waals surface area (Å²) in [5, 5.41) is 2.92. The van der Waals surface area contributed by atoms with Gasteiger partial charge < -0.3 is 20.5 Å². The lowest BCUT2D eigenvalue weighted by molar-refractivity contribution is -0.122. The van der Waals surface area contributed by atoms with Crippen molar-refractivity contribution in [2.24, 2.45) is 5.73 Å². The largest absolute Gasteiger partial charge is 0.379 e. The highest BCUT2D eigenvalue weighted by Gasteiger charge is 2.18. The zero-order valence-electron chi connectivity index (χ0n) is 12.5. The summed E-state index contributed by atoms with van der Waals surface area (Å²) in [6, 6.07) is 9.35. The first-order valence-corrected chi connectivity index (χ1v) is 7.44. The minimum Gasteiger partial charge on any atom is -0.379 e. The highest BCUT2D eigenvalue weighted by Crippen LogP contribution is 2.13. The molecule has 1 aromatic rings. The van der Waals surface area contributed by atoms with Crippen molar-refractivity contribution in [3.05, 3.63) is 35.9 Å². The highest BCUT2D eigenvalue weighted by molar-refractivity contribution is 5.77. The van der Waals surface area contributed by atoms with Crippen molar-refractivity contribution in [1.29, 1.82) is 0 Å². The molecular formula is C16H24N2O3. The number of rotatable bonds is 7. The van der Waals surface area contributed by atoms with Gasteiger partial charge in [0.2, 0.25) is 5.91 Å². The Morgan fingerprint density at radius 2 is 2.24 bits per heavy atom. The smallest absolute Gasteiger partial charge is 0.222 e. The molecule has 21 heavy (non-hydrogen) atoms. The maximum Gasteiger partial charge on any atom is 0.222 e. The summed E-state index contributed by atoms with van der Waals surface area (Å²) >= 11 is 0. The van der Waals surface area contributed by atoms with Gasteiger partial charge >= 0.3 is 0 Å². The number of carbonyl (C=O) groups excluding carboxylic acids is 1. The van der Waals surface area contributed by atoms with Crippen molar-refractivity contribution in [3.63, 3.8) is 0 Å². The van der Waals surface area contributed by atoms with E-state index in [-0.39, 0.29) is 30.5 Å². The van der Waals surface area contributed by atoms with Crippen LogP contribution < -0.4 is 11.1 Å². The molecule has 0 saturated carbocycles. The predicted molar refractivity (Wildman–Crippen MR) is 80.8 cm³/mol. The second kappa shape index (κ2) is 8.12. The number of benzene rings is 1. The maximum atomic E-state index is 12.0. The van der Waals surface area contributed by atoms with Gasteiger partial charge in [0.1, 0.15) is 0 Å². The van der Waals surface area contributed by atoms with Crippen LogP contribution in [-0.4, -0.2) is 37.9 Å². The van der Waals surface area contributed by atoms with Gasteiger partial charge in [-0.1, -0.05) is 30.3 Å². The van der Waals surface area contributed by atoms with E-state index < -0.39 is 0 Å². The van der Waals surface area contributed by atoms with E-state index in [0.717, 1.165) is 18.6 Å². The lowest BCUT2D eigenvalue weighted by Gasteiger charge is -2.18. The Kier molecular flexibility index (Phi) is 6.17. The summed E-state index contributed by atoms with van der Waals surface area (Å²) in [5.74, 6) is -0.0508. The molecule has 1 heterocycles. The molecule has 1 fully saturated rings. The molecule has 116 valence electrons. The predicted octanol–water partition coefficient (Wildman–Crippen LogP) is 1.39. The van der Waals surface area contributed by atoms with E-state index in [1.807, 2.05) is 37.3 Å². The van der Waals surface area contributed by atoms with Gasteiger partial charge in [0.05, 0.1) is 19.3 Å². The molecule has 0 bridgehead atoms. The fraction of sp³-hybridized carbons (Fsp3) is 0.562. The van der Waals surface area contributed by atoms with Crippen molar-refractivity contribution in [3.8, 4) is 0 Å². The van der Waals surface area contributed by atoms with Gasteiger partial charge in [-0.15, -0.1) is 0 Å². The van der Waals surface area contributed by atoms with Crippen molar-refractivity contribution in [2.45, 2.75) is 38.0 Å². The van der Waals surface area contributed by atoms with Gasteiger partial charge in [-0.05, 0) is 18.9 Å². The molecule has 1 aliphatic heterocycles. The molecule has 2 rings (SSSR count). The molecular weight excluding hydrogens is 268 g/mol. The Hall–Kier alpha value is -1.43. The van der Waals surface area contributed by atoms with Crippen LogP contribution in [0.15, 0.2) is 30.3 Å². The third-order valence-corrected chi connectivity index (χ3v) is 3.51. The molecule has 1 saturated heterocycles. The standard InChI is InChI=1S/C16H24N2O3/c1-12(10-21-14-7-8-20-11-14)18-16(19)9-15(17)13-5-3-2-4-6-13/h2-6,12,14-15H,7-11,17H2,1H3,(H,18,19). The molecule has 1 aliphatic rings. The van der Waals surface area contributed by atoms with E-state index >= 15 is 0 Å². The van der Waals surface area contributed by atoms with Crippen LogP contribution in [0.25, 0.3) is 0 Å². The van der Waals surface area contributed by atoms with Crippen molar-refractivity contribution in [2.75, 3.05) is 19.8 Å². The lowest BCUT2D eigenvalue weighted by Crippen LogP contribution is -2.38. The first kappa shape index (κ1) is 15.9. The van der Waals surface area contributed by atoms with E-state index in [0.29, 0.717) is 13.2 Å². The summed E-state index contributed by atoms with van der Waals surface area (Å²) in [6.07, 6.45) is 1.37. The van der Waals surface area contributed by atoms with Crippen LogP contribution in [0, 0.1) is 0 Å². The van der Waals surface area contributed by atoms with Gasteiger partial charge in [0, 0.05) is 25.1 Å². The van der Waals surface area contributed by atoms with E-state index in [2.05, 4.69) is 5.32 Å². The number of hydrogen-bond donors (Lipinski definition) is 2. The van der Waals surface area contributed by atoms with Gasteiger partial charge in [-0.25, -0.2) is 0 Å². The van der Waals surface area contributed by atoms with Crippen LogP contribution >= 0.6 is 0 Å². The molecule has 1 aromatic carbocycles. The number of hydrogen-bond acceptors (Lipinski definition) is 4. The maximum absolute atomic E-state index is 12.0. The van der Waals surface area contributed by atoms with E-state index in [1.165, 1.54) is 0 Å². The third-order valence-electron chi connectivity index (χ3n) is 3.51. The Labute approximate surface area is 125 Å². The molecule has 5 nitrogen and oxygen atoms in total. The van der Waals surface area contributed by atoms with Crippen molar-refractivity contribution >= 4 is 5.91 Å². The van der Waals surface area contributed by atoms with Crippen molar-refractivity contribution in [1.82, 2.24) is 5.32 Å². The number of carbonyl (C=O) groups is 1. The summed E-state index contributed by atoms with van der Waals surface area (Å²) in [4.78, 5) is 12.0. The normalized spacial score (nSPS) is 21.0. The number of amides is 1. The van der Waals surface area contributed by atoms with Crippen LogP contribution in [0.1, 0.15) is 31.4 Å². The Morgan fingerprint density at radius 3 is 2.90 bits per heavy atom. The van der Waals surface area contributed by atoms with Gasteiger partial charge in [-0.3, -0.25) is 4.79 Å². The highest BCUT2D eigenvalue weighted by atomic mass is 16.5. The number of nitrogens with one attached hydrogen (secondary N) is 1. The molecule has 0 aromatic heterocycles. The summed E-state index contributed by atoms with van der Waals surface area (Å²) in [6.45, 7) is 3.85. The molecule has 0 radical (unpaired) electrons. The molecule has 5 heteroatoms. The summed E-state index contributed by atoms with van der Waals surface area (Å²) in [5.41, 5.74) is 7.01. The van der Waals surface area contributed by atoms with Crippen molar-refractivity contribution < 1.29 is 14.3 Å². The lowest BCUT2D eigenvalue weighted by atomic mass is 10.0. The Balaban J connectivity index is 1.68. The van der Waals surface area contributed by atoms with Crippen LogP contribution in [-0.2, 0) is 14.3 Å². The fourth-order valence-electron chi connectivity index (χ4n) is 2.32. The third kappa shape index (κ3) is 5.46. The number of ether oxygens (including phenoxy) is 2. The van der Waals surface area contributed by atoms with Crippen LogP contribution in [0.5, 0.6) is 0 Å². The molecule has 0 spiro atoms. The Morgan fingerprint density at radius 1 is 1.48 bits per heavy atom. The molecule has 3 unspecified atom stereocenters. The Bertz CT molecular complexity index is 432. The monoisotopic (exact) mass is 292 g/mol. The molecule has 3 atom stereocenters.